The van der Waals surface area contributed by atoms with Gasteiger partial charge in [0.25, 0.3) is 0 Å². The van der Waals surface area contributed by atoms with Crippen molar-refractivity contribution >= 4 is 17.3 Å². The molecular weight excluding hydrogens is 380 g/mol. The molecule has 3 aromatic rings. The molecule has 1 aliphatic rings. The van der Waals surface area contributed by atoms with Crippen LogP contribution >= 0.6 is 12.2 Å². The van der Waals surface area contributed by atoms with E-state index in [1.807, 2.05) is 30.5 Å². The van der Waals surface area contributed by atoms with Crippen molar-refractivity contribution in [2.75, 3.05) is 13.2 Å². The summed E-state index contributed by atoms with van der Waals surface area (Å²) in [6.07, 6.45) is 1.81. The van der Waals surface area contributed by atoms with E-state index in [1.54, 1.807) is 0 Å². The predicted molar refractivity (Wildman–Crippen MR) is 119 cm³/mol. The van der Waals surface area contributed by atoms with Crippen molar-refractivity contribution in [3.63, 3.8) is 0 Å². The van der Waals surface area contributed by atoms with E-state index < -0.39 is 0 Å². The van der Waals surface area contributed by atoms with Gasteiger partial charge in [0.05, 0.1) is 24.4 Å². The van der Waals surface area contributed by atoms with Crippen molar-refractivity contribution in [3.05, 3.63) is 89.0 Å². The minimum Gasteiger partial charge on any atom is -0.395 e. The maximum atomic E-state index is 9.64. The molecule has 1 aliphatic heterocycles. The maximum absolute atomic E-state index is 9.64. The number of nitrogens with one attached hydrogen (secondary N) is 1. The lowest BCUT2D eigenvalue weighted by molar-refractivity contribution is 0.222. The molecule has 0 spiro atoms. The van der Waals surface area contributed by atoms with Gasteiger partial charge in [-0.15, -0.1) is 0 Å². The molecule has 0 amide bonds. The summed E-state index contributed by atoms with van der Waals surface area (Å²) in [5, 5.41) is 13.7. The van der Waals surface area contributed by atoms with Crippen LogP contribution in [0.15, 0.2) is 60.8 Å². The molecule has 29 heavy (non-hydrogen) atoms. The number of rotatable bonds is 6. The highest BCUT2D eigenvalue weighted by atomic mass is 32.1. The Kier molecular flexibility index (Phi) is 5.65. The summed E-state index contributed by atoms with van der Waals surface area (Å²) >= 11 is 5.62. The number of aryl methyl sites for hydroxylation is 1. The first-order chi connectivity index (χ1) is 14.1. The van der Waals surface area contributed by atoms with E-state index in [0.29, 0.717) is 11.7 Å². The van der Waals surface area contributed by atoms with E-state index in [9.17, 15) is 5.11 Å². The summed E-state index contributed by atoms with van der Waals surface area (Å²) in [5.41, 5.74) is 5.87. The highest BCUT2D eigenvalue weighted by molar-refractivity contribution is 7.80. The maximum Gasteiger partial charge on any atom is 0.170 e. The molecule has 6 heteroatoms. The van der Waals surface area contributed by atoms with Crippen LogP contribution in [0.2, 0.25) is 0 Å². The summed E-state index contributed by atoms with van der Waals surface area (Å²) in [6, 6.07) is 18.6. The van der Waals surface area contributed by atoms with E-state index in [4.69, 9.17) is 12.2 Å². The van der Waals surface area contributed by atoms with Crippen LogP contribution in [0.1, 0.15) is 40.3 Å². The third-order valence-electron chi connectivity index (χ3n) is 5.65. The molecule has 1 fully saturated rings. The van der Waals surface area contributed by atoms with Gasteiger partial charge in [0.2, 0.25) is 0 Å². The monoisotopic (exact) mass is 406 g/mol. The van der Waals surface area contributed by atoms with Crippen LogP contribution in [0.5, 0.6) is 0 Å². The fourth-order valence-electron chi connectivity index (χ4n) is 4.23. The largest absolute Gasteiger partial charge is 0.395 e. The number of hydrogen-bond acceptors (Lipinski definition) is 3. The summed E-state index contributed by atoms with van der Waals surface area (Å²) < 4.78 is 2.35. The second kappa shape index (κ2) is 8.35. The summed E-state index contributed by atoms with van der Waals surface area (Å²) in [5.74, 6) is 0. The van der Waals surface area contributed by atoms with Crippen molar-refractivity contribution in [3.8, 4) is 0 Å². The van der Waals surface area contributed by atoms with Crippen LogP contribution in [0.25, 0.3) is 0 Å². The zero-order valence-electron chi connectivity index (χ0n) is 16.7. The van der Waals surface area contributed by atoms with Crippen LogP contribution in [0.4, 0.5) is 0 Å². The number of hydrogen-bond donors (Lipinski definition) is 2. The first-order valence-corrected chi connectivity index (χ1v) is 10.3. The highest BCUT2D eigenvalue weighted by Crippen LogP contribution is 2.40. The van der Waals surface area contributed by atoms with Gasteiger partial charge in [-0.25, -0.2) is 0 Å². The van der Waals surface area contributed by atoms with E-state index in [0.717, 1.165) is 12.2 Å². The molecule has 0 bridgehead atoms. The number of β-amino-alcohol motifs (C(OH)–C–C–N with tert-alkyl or cyclic N) is 1. The molecule has 3 heterocycles. The summed E-state index contributed by atoms with van der Waals surface area (Å²) in [7, 11) is 0. The molecule has 0 aliphatic carbocycles. The third kappa shape index (κ3) is 3.78. The van der Waals surface area contributed by atoms with Crippen molar-refractivity contribution in [2.45, 2.75) is 32.5 Å². The van der Waals surface area contributed by atoms with Gasteiger partial charge in [-0.2, -0.15) is 0 Å². The van der Waals surface area contributed by atoms with Gasteiger partial charge < -0.3 is 19.9 Å². The average Bonchev–Trinajstić information content (AvgIpc) is 3.21. The van der Waals surface area contributed by atoms with Crippen LogP contribution in [-0.2, 0) is 6.54 Å². The Morgan fingerprint density at radius 2 is 1.86 bits per heavy atom. The number of aromatic nitrogens is 2. The van der Waals surface area contributed by atoms with E-state index in [-0.39, 0.29) is 18.7 Å². The van der Waals surface area contributed by atoms with Gasteiger partial charge >= 0.3 is 0 Å². The number of nitrogens with zero attached hydrogens (tertiary/aromatic N) is 3. The Morgan fingerprint density at radius 3 is 2.55 bits per heavy atom. The van der Waals surface area contributed by atoms with Gasteiger partial charge in [-0.3, -0.25) is 4.98 Å². The molecule has 2 N–H and O–H groups in total. The highest BCUT2D eigenvalue weighted by Gasteiger charge is 2.40. The van der Waals surface area contributed by atoms with Gasteiger partial charge in [-0.05, 0) is 55.4 Å². The predicted octanol–water partition coefficient (Wildman–Crippen LogP) is 3.51. The summed E-state index contributed by atoms with van der Waals surface area (Å²) in [4.78, 5) is 6.66. The molecule has 0 unspecified atom stereocenters. The SMILES string of the molecule is Cc1cc([C@@H]2[C@@H](c3ccccn3)NC(=S)N2CCO)c(C)n1Cc1ccccc1. The average molecular weight is 407 g/mol. The van der Waals surface area contributed by atoms with Crippen molar-refractivity contribution < 1.29 is 5.11 Å². The number of benzene rings is 1. The molecule has 0 saturated carbocycles. The van der Waals surface area contributed by atoms with Crippen LogP contribution in [0.3, 0.4) is 0 Å². The quantitative estimate of drug-likeness (QED) is 0.614. The zero-order chi connectivity index (χ0) is 20.4. The van der Waals surface area contributed by atoms with Gasteiger partial charge in [0.15, 0.2) is 5.11 Å². The molecule has 2 atom stereocenters. The lowest BCUT2D eigenvalue weighted by Crippen LogP contribution is -2.32. The molecule has 1 aromatic carbocycles. The van der Waals surface area contributed by atoms with Gasteiger partial charge in [0.1, 0.15) is 0 Å². The topological polar surface area (TPSA) is 53.3 Å². The molecule has 2 aromatic heterocycles. The second-order valence-electron chi connectivity index (χ2n) is 7.44. The first-order valence-electron chi connectivity index (χ1n) is 9.89. The molecule has 1 saturated heterocycles. The number of pyridine rings is 1. The lowest BCUT2D eigenvalue weighted by Gasteiger charge is -2.27. The van der Waals surface area contributed by atoms with Gasteiger partial charge in [-0.1, -0.05) is 36.4 Å². The summed E-state index contributed by atoms with van der Waals surface area (Å²) in [6.45, 7) is 5.68. The molecule has 5 nitrogen and oxygen atoms in total. The zero-order valence-corrected chi connectivity index (χ0v) is 17.6. The van der Waals surface area contributed by atoms with Gasteiger partial charge in [0, 0.05) is 30.7 Å². The lowest BCUT2D eigenvalue weighted by atomic mass is 9.97. The molecular formula is C23H26N4OS. The van der Waals surface area contributed by atoms with Crippen LogP contribution < -0.4 is 5.32 Å². The molecule has 0 radical (unpaired) electrons. The Bertz CT molecular complexity index is 987. The first kappa shape index (κ1) is 19.6. The van der Waals surface area contributed by atoms with E-state index >= 15 is 0 Å². The van der Waals surface area contributed by atoms with Crippen molar-refractivity contribution in [2.24, 2.45) is 0 Å². The molecule has 4 rings (SSSR count). The Morgan fingerprint density at radius 1 is 1.10 bits per heavy atom. The number of aliphatic hydroxyl groups is 1. The minimum atomic E-state index is -0.0547. The second-order valence-corrected chi connectivity index (χ2v) is 7.83. The van der Waals surface area contributed by atoms with Crippen LogP contribution in [-0.4, -0.2) is 37.8 Å². The Balaban J connectivity index is 1.75. The van der Waals surface area contributed by atoms with E-state index in [2.05, 4.69) is 63.9 Å². The number of thiocarbonyl (C=S) groups is 1. The minimum absolute atomic E-state index is 0.0136. The standard InChI is InChI=1S/C23H26N4OS/c1-16-14-19(17(2)27(16)15-18-8-4-3-5-9-18)22-21(20-10-6-7-11-24-20)25-23(29)26(22)12-13-28/h3-11,14,21-22,28H,12-13,15H2,1-2H3,(H,25,29)/t21-,22-/m1/s1. The fraction of sp³-hybridized carbons (Fsp3) is 0.304. The van der Waals surface area contributed by atoms with E-state index in [1.165, 1.54) is 22.5 Å². The fourth-order valence-corrected chi connectivity index (χ4v) is 4.56. The van der Waals surface area contributed by atoms with Crippen LogP contribution in [0, 0.1) is 13.8 Å². The van der Waals surface area contributed by atoms with Crippen molar-refractivity contribution in [1.82, 2.24) is 19.8 Å². The third-order valence-corrected chi connectivity index (χ3v) is 6.01. The smallest absolute Gasteiger partial charge is 0.170 e. The Hall–Kier alpha value is -2.70. The number of aliphatic hydroxyl groups excluding tert-OH is 1. The normalized spacial score (nSPS) is 18.9. The van der Waals surface area contributed by atoms with Crippen molar-refractivity contribution in [1.29, 1.82) is 0 Å². The molecule has 150 valence electrons. The Labute approximate surface area is 177 Å².